The fraction of sp³-hybridized carbons (Fsp3) is 0.677. The standard InChI is InChI=1S/C31H42N2O5/c34-14-13-32-31(37)24-18-25(29(36)30-28(24)23-9-5-6-10-26(23)38-30)33(22-7-3-1-2-4-8-22)27(35)17-21-16-19-11-12-20(21)15-19/h5-6,9-10,18-22,25,28-30,34,36H,1-4,7-8,11-17H2,(H,32,37). The summed E-state index contributed by atoms with van der Waals surface area (Å²) in [6.07, 6.45) is 12.1. The number of benzene rings is 1. The molecule has 2 amide bonds. The molecule has 3 N–H and O–H groups in total. The summed E-state index contributed by atoms with van der Waals surface area (Å²) in [4.78, 5) is 29.6. The minimum atomic E-state index is -0.936. The minimum Gasteiger partial charge on any atom is -0.486 e. The average Bonchev–Trinajstić information content (AvgIpc) is 3.59. The molecule has 0 saturated heterocycles. The number of para-hydroxylation sites is 1. The Morgan fingerprint density at radius 3 is 2.53 bits per heavy atom. The van der Waals surface area contributed by atoms with Crippen LogP contribution in [0.3, 0.4) is 0 Å². The maximum atomic E-state index is 14.2. The molecule has 206 valence electrons. The summed E-state index contributed by atoms with van der Waals surface area (Å²) in [6.45, 7) is 0.00127. The predicted octanol–water partition coefficient (Wildman–Crippen LogP) is 3.69. The Morgan fingerprint density at radius 2 is 1.82 bits per heavy atom. The Kier molecular flexibility index (Phi) is 7.50. The van der Waals surface area contributed by atoms with Crippen molar-refractivity contribution >= 4 is 11.8 Å². The molecule has 3 fully saturated rings. The zero-order chi connectivity index (χ0) is 26.2. The van der Waals surface area contributed by atoms with E-state index in [1.165, 1.54) is 32.1 Å². The van der Waals surface area contributed by atoms with Gasteiger partial charge in [-0.3, -0.25) is 9.59 Å². The first-order valence-corrected chi connectivity index (χ1v) is 14.9. The van der Waals surface area contributed by atoms with E-state index in [0.29, 0.717) is 29.6 Å². The number of nitrogens with one attached hydrogen (secondary N) is 1. The Bertz CT molecular complexity index is 1060. The molecule has 7 atom stereocenters. The summed E-state index contributed by atoms with van der Waals surface area (Å²) in [5, 5.41) is 24.0. The lowest BCUT2D eigenvalue weighted by atomic mass is 9.77. The van der Waals surface area contributed by atoms with E-state index in [4.69, 9.17) is 4.74 Å². The summed E-state index contributed by atoms with van der Waals surface area (Å²) in [5.74, 6) is 1.99. The van der Waals surface area contributed by atoms with E-state index < -0.39 is 24.2 Å². The van der Waals surface area contributed by atoms with Crippen LogP contribution in [0.5, 0.6) is 5.75 Å². The van der Waals surface area contributed by atoms with Gasteiger partial charge in [-0.05, 0) is 62.0 Å². The highest BCUT2D eigenvalue weighted by Gasteiger charge is 2.51. The average molecular weight is 523 g/mol. The van der Waals surface area contributed by atoms with E-state index in [-0.39, 0.29) is 31.0 Å². The number of hydrogen-bond donors (Lipinski definition) is 3. The van der Waals surface area contributed by atoms with Gasteiger partial charge in [-0.1, -0.05) is 50.3 Å². The molecule has 1 aliphatic heterocycles. The highest BCUT2D eigenvalue weighted by molar-refractivity contribution is 5.96. The minimum absolute atomic E-state index is 0.0570. The lowest BCUT2D eigenvalue weighted by Gasteiger charge is -2.44. The van der Waals surface area contributed by atoms with Crippen molar-refractivity contribution in [1.29, 1.82) is 0 Å². The first-order chi connectivity index (χ1) is 18.5. The number of nitrogens with zero attached hydrogens (tertiary/aromatic N) is 1. The van der Waals surface area contributed by atoms with Crippen molar-refractivity contribution in [3.8, 4) is 5.75 Å². The number of amides is 2. The normalized spacial score (nSPS) is 34.1. The van der Waals surface area contributed by atoms with Crippen LogP contribution in [0, 0.1) is 17.8 Å². The molecule has 38 heavy (non-hydrogen) atoms. The van der Waals surface area contributed by atoms with Crippen molar-refractivity contribution in [1.82, 2.24) is 10.2 Å². The van der Waals surface area contributed by atoms with Gasteiger partial charge in [0.05, 0.1) is 18.6 Å². The van der Waals surface area contributed by atoms with Gasteiger partial charge in [0.15, 0.2) is 0 Å². The van der Waals surface area contributed by atoms with Crippen molar-refractivity contribution < 1.29 is 24.5 Å². The smallest absolute Gasteiger partial charge is 0.247 e. The van der Waals surface area contributed by atoms with Gasteiger partial charge in [-0.15, -0.1) is 0 Å². The van der Waals surface area contributed by atoms with Crippen LogP contribution in [0.1, 0.15) is 82.1 Å². The van der Waals surface area contributed by atoms with Crippen LogP contribution in [-0.4, -0.2) is 64.4 Å². The first kappa shape index (κ1) is 25.9. The maximum Gasteiger partial charge on any atom is 0.247 e. The quantitative estimate of drug-likeness (QED) is 0.475. The molecule has 4 aliphatic carbocycles. The summed E-state index contributed by atoms with van der Waals surface area (Å²) >= 11 is 0. The van der Waals surface area contributed by atoms with Crippen LogP contribution in [-0.2, 0) is 9.59 Å². The van der Waals surface area contributed by atoms with Gasteiger partial charge < -0.3 is 25.2 Å². The molecule has 2 bridgehead atoms. The van der Waals surface area contributed by atoms with Crippen LogP contribution in [0.2, 0.25) is 0 Å². The number of aliphatic hydroxyl groups is 2. The molecule has 6 rings (SSSR count). The second-order valence-corrected chi connectivity index (χ2v) is 12.3. The van der Waals surface area contributed by atoms with Gasteiger partial charge in [0.1, 0.15) is 18.0 Å². The Balaban J connectivity index is 1.35. The number of ether oxygens (including phenoxy) is 1. The fourth-order valence-electron chi connectivity index (χ4n) is 8.27. The number of carbonyl (C=O) groups is 2. The summed E-state index contributed by atoms with van der Waals surface area (Å²) in [5.41, 5.74) is 1.41. The highest BCUT2D eigenvalue weighted by atomic mass is 16.5. The first-order valence-electron chi connectivity index (χ1n) is 14.9. The van der Waals surface area contributed by atoms with E-state index in [2.05, 4.69) is 5.32 Å². The van der Waals surface area contributed by atoms with E-state index in [1.807, 2.05) is 35.2 Å². The third-order valence-corrected chi connectivity index (χ3v) is 10.0. The van der Waals surface area contributed by atoms with E-state index >= 15 is 0 Å². The van der Waals surface area contributed by atoms with E-state index in [0.717, 1.165) is 43.6 Å². The predicted molar refractivity (Wildman–Crippen MR) is 143 cm³/mol. The van der Waals surface area contributed by atoms with Gasteiger partial charge in [0.25, 0.3) is 0 Å². The highest BCUT2D eigenvalue weighted by Crippen LogP contribution is 2.51. The molecule has 7 nitrogen and oxygen atoms in total. The molecule has 1 aromatic carbocycles. The van der Waals surface area contributed by atoms with Crippen molar-refractivity contribution in [2.75, 3.05) is 13.2 Å². The van der Waals surface area contributed by atoms with Crippen LogP contribution in [0.25, 0.3) is 0 Å². The van der Waals surface area contributed by atoms with Gasteiger partial charge >= 0.3 is 0 Å². The number of hydrogen-bond acceptors (Lipinski definition) is 5. The third kappa shape index (κ3) is 4.77. The molecule has 7 unspecified atom stereocenters. The molecule has 7 heteroatoms. The third-order valence-electron chi connectivity index (χ3n) is 10.0. The number of aliphatic hydroxyl groups excluding tert-OH is 2. The lowest BCUT2D eigenvalue weighted by molar-refractivity contribution is -0.142. The van der Waals surface area contributed by atoms with E-state index in [1.54, 1.807) is 0 Å². The molecule has 0 spiro atoms. The lowest BCUT2D eigenvalue weighted by Crippen LogP contribution is -2.58. The fourth-order valence-corrected chi connectivity index (χ4v) is 8.27. The zero-order valence-corrected chi connectivity index (χ0v) is 22.3. The van der Waals surface area contributed by atoms with Crippen molar-refractivity contribution in [3.05, 3.63) is 41.5 Å². The van der Waals surface area contributed by atoms with E-state index in [9.17, 15) is 19.8 Å². The summed E-state index contributed by atoms with van der Waals surface area (Å²) in [7, 11) is 0. The topological polar surface area (TPSA) is 99.1 Å². The monoisotopic (exact) mass is 522 g/mol. The molecule has 0 aromatic heterocycles. The number of fused-ring (bicyclic) bond motifs is 5. The number of carbonyl (C=O) groups excluding carboxylic acids is 2. The van der Waals surface area contributed by atoms with Crippen molar-refractivity contribution in [2.24, 2.45) is 17.8 Å². The molecule has 0 radical (unpaired) electrons. The Labute approximate surface area is 225 Å². The molecular weight excluding hydrogens is 480 g/mol. The molecule has 3 saturated carbocycles. The van der Waals surface area contributed by atoms with Gasteiger partial charge in [-0.25, -0.2) is 0 Å². The van der Waals surface area contributed by atoms with Crippen molar-refractivity contribution in [2.45, 2.75) is 101 Å². The second kappa shape index (κ2) is 11.0. The number of rotatable bonds is 7. The molecule has 1 heterocycles. The molecular formula is C31H42N2O5. The van der Waals surface area contributed by atoms with Gasteiger partial charge in [0, 0.05) is 30.1 Å². The van der Waals surface area contributed by atoms with Crippen LogP contribution < -0.4 is 10.1 Å². The Hall–Kier alpha value is -2.38. The van der Waals surface area contributed by atoms with Crippen LogP contribution >= 0.6 is 0 Å². The summed E-state index contributed by atoms with van der Waals surface area (Å²) < 4.78 is 6.30. The second-order valence-electron chi connectivity index (χ2n) is 12.3. The summed E-state index contributed by atoms with van der Waals surface area (Å²) in [6, 6.07) is 7.08. The zero-order valence-electron chi connectivity index (χ0n) is 22.3. The SMILES string of the molecule is O=C(NCCO)C1=CC(N(C(=O)CC2CC3CCC2C3)C2CCCCCC2)C(O)C2Oc3ccccc3C12. The largest absolute Gasteiger partial charge is 0.486 e. The van der Waals surface area contributed by atoms with Gasteiger partial charge in [0.2, 0.25) is 11.8 Å². The molecule has 1 aromatic rings. The van der Waals surface area contributed by atoms with Gasteiger partial charge in [-0.2, -0.15) is 0 Å². The maximum absolute atomic E-state index is 14.2. The van der Waals surface area contributed by atoms with Crippen molar-refractivity contribution in [3.63, 3.8) is 0 Å². The Morgan fingerprint density at radius 1 is 1.03 bits per heavy atom. The van der Waals surface area contributed by atoms with Crippen LogP contribution in [0.15, 0.2) is 35.9 Å². The van der Waals surface area contributed by atoms with Crippen LogP contribution in [0.4, 0.5) is 0 Å². The molecule has 5 aliphatic rings.